The van der Waals surface area contributed by atoms with Crippen molar-refractivity contribution in [2.75, 3.05) is 7.11 Å². The average Bonchev–Trinajstić information content (AvgIpc) is 2.78. The Labute approximate surface area is 177 Å². The Morgan fingerprint density at radius 1 is 1.03 bits per heavy atom. The number of hydrogen-bond acceptors (Lipinski definition) is 4. The molecule has 0 spiro atoms. The van der Waals surface area contributed by atoms with E-state index in [0.717, 1.165) is 28.8 Å². The van der Waals surface area contributed by atoms with Crippen LogP contribution in [-0.2, 0) is 16.0 Å². The molecular weight excluding hydrogens is 374 g/mol. The number of benzene rings is 2. The molecule has 0 unspecified atom stereocenters. The third-order valence-corrected chi connectivity index (χ3v) is 5.26. The van der Waals surface area contributed by atoms with Crippen molar-refractivity contribution < 1.29 is 14.3 Å². The summed E-state index contributed by atoms with van der Waals surface area (Å²) >= 11 is 0. The van der Waals surface area contributed by atoms with E-state index in [0.29, 0.717) is 18.4 Å². The van der Waals surface area contributed by atoms with E-state index >= 15 is 0 Å². The van der Waals surface area contributed by atoms with Gasteiger partial charge in [0.2, 0.25) is 0 Å². The fourth-order valence-electron chi connectivity index (χ4n) is 3.56. The summed E-state index contributed by atoms with van der Waals surface area (Å²) in [7, 11) is 1.37. The van der Waals surface area contributed by atoms with Crippen LogP contribution < -0.4 is 0 Å². The lowest BCUT2D eigenvalue weighted by Gasteiger charge is -2.17. The number of carbonyl (C=O) groups is 2. The van der Waals surface area contributed by atoms with Crippen LogP contribution in [0.25, 0.3) is 11.3 Å². The van der Waals surface area contributed by atoms with Crippen molar-refractivity contribution >= 4 is 11.8 Å². The van der Waals surface area contributed by atoms with E-state index in [1.54, 1.807) is 12.3 Å². The molecule has 0 fully saturated rings. The quantitative estimate of drug-likeness (QED) is 0.465. The first-order chi connectivity index (χ1) is 14.5. The smallest absolute Gasteiger partial charge is 0.337 e. The monoisotopic (exact) mass is 401 g/mol. The summed E-state index contributed by atoms with van der Waals surface area (Å²) in [5, 5.41) is 0. The standard InChI is InChI=1S/C26H27NO3/c1-18-9-14-25(27-17-18)24-16-21(26(29)30-3)11-13-23(24)19(2)15-22(28)12-10-20-7-5-4-6-8-20/h4-9,11,13-14,16-17,19H,10,12,15H2,1-3H3/t19-/m0/s1. The van der Waals surface area contributed by atoms with Gasteiger partial charge in [0, 0.05) is 24.6 Å². The van der Waals surface area contributed by atoms with Crippen molar-refractivity contribution in [1.29, 1.82) is 0 Å². The van der Waals surface area contributed by atoms with Crippen molar-refractivity contribution in [2.24, 2.45) is 0 Å². The number of Topliss-reactive ketones (excluding diaryl/α,β-unsaturated/α-hetero) is 1. The predicted octanol–water partition coefficient (Wildman–Crippen LogP) is 5.54. The third-order valence-electron chi connectivity index (χ3n) is 5.26. The molecule has 2 aromatic carbocycles. The molecule has 1 heterocycles. The fourth-order valence-corrected chi connectivity index (χ4v) is 3.56. The maximum Gasteiger partial charge on any atom is 0.337 e. The molecule has 3 rings (SSSR count). The van der Waals surface area contributed by atoms with Crippen LogP contribution in [0.1, 0.15) is 52.7 Å². The zero-order valence-corrected chi connectivity index (χ0v) is 17.7. The predicted molar refractivity (Wildman–Crippen MR) is 119 cm³/mol. The van der Waals surface area contributed by atoms with Crippen LogP contribution in [0.3, 0.4) is 0 Å². The first-order valence-electron chi connectivity index (χ1n) is 10.2. The summed E-state index contributed by atoms with van der Waals surface area (Å²) in [5.41, 5.74) is 5.36. The number of aryl methyl sites for hydroxylation is 2. The van der Waals surface area contributed by atoms with E-state index in [1.807, 2.05) is 68.4 Å². The van der Waals surface area contributed by atoms with Crippen molar-refractivity contribution in [3.05, 3.63) is 89.1 Å². The Hall–Kier alpha value is -3.27. The molecule has 0 bridgehead atoms. The minimum absolute atomic E-state index is 0.0121. The molecule has 4 nitrogen and oxygen atoms in total. The normalized spacial score (nSPS) is 11.7. The summed E-state index contributed by atoms with van der Waals surface area (Å²) in [4.78, 5) is 29.2. The van der Waals surface area contributed by atoms with E-state index in [4.69, 9.17) is 4.74 Å². The molecule has 0 aliphatic rings. The fraction of sp³-hybridized carbons (Fsp3) is 0.269. The van der Waals surface area contributed by atoms with Gasteiger partial charge in [0.05, 0.1) is 18.4 Å². The second-order valence-corrected chi connectivity index (χ2v) is 7.64. The van der Waals surface area contributed by atoms with Crippen LogP contribution in [0.5, 0.6) is 0 Å². The van der Waals surface area contributed by atoms with Crippen LogP contribution >= 0.6 is 0 Å². The first-order valence-corrected chi connectivity index (χ1v) is 10.2. The highest BCUT2D eigenvalue weighted by molar-refractivity contribution is 5.91. The lowest BCUT2D eigenvalue weighted by molar-refractivity contribution is -0.119. The highest BCUT2D eigenvalue weighted by atomic mass is 16.5. The lowest BCUT2D eigenvalue weighted by atomic mass is 9.88. The van der Waals surface area contributed by atoms with Gasteiger partial charge in [0.15, 0.2) is 0 Å². The molecule has 3 aromatic rings. The van der Waals surface area contributed by atoms with Gasteiger partial charge in [0.1, 0.15) is 5.78 Å². The Morgan fingerprint density at radius 3 is 2.47 bits per heavy atom. The summed E-state index contributed by atoms with van der Waals surface area (Å²) in [6, 6.07) is 19.5. The average molecular weight is 402 g/mol. The summed E-state index contributed by atoms with van der Waals surface area (Å²) in [5.74, 6) is -0.147. The topological polar surface area (TPSA) is 56.3 Å². The molecule has 0 aliphatic heterocycles. The van der Waals surface area contributed by atoms with Gasteiger partial charge in [-0.05, 0) is 54.2 Å². The Balaban J connectivity index is 1.81. The number of methoxy groups -OCH3 is 1. The molecule has 0 saturated carbocycles. The van der Waals surface area contributed by atoms with Crippen molar-refractivity contribution in [1.82, 2.24) is 4.98 Å². The van der Waals surface area contributed by atoms with Crippen LogP contribution in [0.2, 0.25) is 0 Å². The number of pyridine rings is 1. The zero-order chi connectivity index (χ0) is 21.5. The highest BCUT2D eigenvalue weighted by Gasteiger charge is 2.18. The third kappa shape index (κ3) is 5.41. The Kier molecular flexibility index (Phi) is 7.12. The summed E-state index contributed by atoms with van der Waals surface area (Å²) in [6.45, 7) is 4.03. The van der Waals surface area contributed by atoms with Gasteiger partial charge in [0.25, 0.3) is 0 Å². The SMILES string of the molecule is COC(=O)c1ccc([C@@H](C)CC(=O)CCc2ccccc2)c(-c2ccc(C)cn2)c1. The number of esters is 1. The van der Waals surface area contributed by atoms with Gasteiger partial charge in [-0.25, -0.2) is 4.79 Å². The zero-order valence-electron chi connectivity index (χ0n) is 17.7. The molecule has 0 N–H and O–H groups in total. The number of aromatic nitrogens is 1. The molecule has 30 heavy (non-hydrogen) atoms. The van der Waals surface area contributed by atoms with Crippen molar-refractivity contribution in [2.45, 2.75) is 39.0 Å². The van der Waals surface area contributed by atoms with Crippen LogP contribution in [0.4, 0.5) is 0 Å². The minimum Gasteiger partial charge on any atom is -0.465 e. The number of hydrogen-bond donors (Lipinski definition) is 0. The summed E-state index contributed by atoms with van der Waals surface area (Å²) in [6.07, 6.45) is 3.52. The molecule has 0 amide bonds. The maximum absolute atomic E-state index is 12.6. The van der Waals surface area contributed by atoms with E-state index < -0.39 is 0 Å². The second-order valence-electron chi connectivity index (χ2n) is 7.64. The van der Waals surface area contributed by atoms with Gasteiger partial charge in [-0.1, -0.05) is 49.4 Å². The minimum atomic E-state index is -0.387. The van der Waals surface area contributed by atoms with Gasteiger partial charge in [-0.15, -0.1) is 0 Å². The second kappa shape index (κ2) is 9.97. The molecule has 1 aromatic heterocycles. The number of rotatable bonds is 8. The largest absolute Gasteiger partial charge is 0.465 e. The molecule has 4 heteroatoms. The molecule has 0 aliphatic carbocycles. The highest BCUT2D eigenvalue weighted by Crippen LogP contribution is 2.32. The van der Waals surface area contributed by atoms with Gasteiger partial charge in [-0.3, -0.25) is 9.78 Å². The number of ether oxygens (including phenoxy) is 1. The van der Waals surface area contributed by atoms with E-state index in [1.165, 1.54) is 12.7 Å². The summed E-state index contributed by atoms with van der Waals surface area (Å²) < 4.78 is 4.87. The van der Waals surface area contributed by atoms with Gasteiger partial charge < -0.3 is 4.74 Å². The van der Waals surface area contributed by atoms with E-state index in [2.05, 4.69) is 4.98 Å². The molecule has 0 saturated heterocycles. The van der Waals surface area contributed by atoms with E-state index in [-0.39, 0.29) is 17.7 Å². The van der Waals surface area contributed by atoms with Crippen LogP contribution in [0, 0.1) is 6.92 Å². The number of ketones is 1. The number of carbonyl (C=O) groups excluding carboxylic acids is 2. The van der Waals surface area contributed by atoms with Crippen LogP contribution in [0.15, 0.2) is 66.9 Å². The van der Waals surface area contributed by atoms with E-state index in [9.17, 15) is 9.59 Å². The van der Waals surface area contributed by atoms with Gasteiger partial charge >= 0.3 is 5.97 Å². The van der Waals surface area contributed by atoms with Crippen molar-refractivity contribution in [3.8, 4) is 11.3 Å². The Bertz CT molecular complexity index is 1010. The lowest BCUT2D eigenvalue weighted by Crippen LogP contribution is -2.08. The van der Waals surface area contributed by atoms with Gasteiger partial charge in [-0.2, -0.15) is 0 Å². The maximum atomic E-state index is 12.6. The first kappa shape index (κ1) is 21.4. The Morgan fingerprint density at radius 2 is 1.80 bits per heavy atom. The molecule has 1 atom stereocenters. The number of nitrogens with zero attached hydrogens (tertiary/aromatic N) is 1. The molecule has 0 radical (unpaired) electrons. The van der Waals surface area contributed by atoms with Crippen LogP contribution in [-0.4, -0.2) is 23.8 Å². The molecule has 154 valence electrons. The molecular formula is C26H27NO3. The van der Waals surface area contributed by atoms with Crippen molar-refractivity contribution in [3.63, 3.8) is 0 Å².